The number of amides is 4. The summed E-state index contributed by atoms with van der Waals surface area (Å²) in [4.78, 5) is 74.2. The molecule has 7 N–H and O–H groups in total. The Morgan fingerprint density at radius 3 is 2.39 bits per heavy atom. The van der Waals surface area contributed by atoms with Gasteiger partial charge in [0.05, 0.1) is 67.3 Å². The third kappa shape index (κ3) is 19.8. The van der Waals surface area contributed by atoms with Crippen LogP contribution in [-0.2, 0) is 50.6 Å². The van der Waals surface area contributed by atoms with Gasteiger partial charge in [0.25, 0.3) is 10.1 Å². The van der Waals surface area contributed by atoms with Gasteiger partial charge in [0.2, 0.25) is 17.9 Å². The van der Waals surface area contributed by atoms with E-state index in [1.165, 1.54) is 41.7 Å². The van der Waals surface area contributed by atoms with Gasteiger partial charge in [-0.05, 0) is 115 Å². The van der Waals surface area contributed by atoms with Gasteiger partial charge in [-0.25, -0.2) is 38.7 Å². The standard InChI is InChI=1S/C70H77ClFN11O14S2/c1-7-34-94-70(88)81(4)40-48-37-49(80-65(84)54(74-3)16-12-26-76-69(73)87)21-19-47(48)41-95-58-39-46(20-23-53(58)72)63-60(51-22-24-57(62(71)44(51)2)93-35-30-82-28-32-83(5,33-29-82)31-13-36-99(89,90)91)61-66(77-43-78-67(61)98-63)97-59(68(85)86)38-45-14-8-10-17-55(45)96-42-50-25-27-75-64(79-50)52-15-9-11-18-56(52)92-6/h1,8-11,14-15,17-25,27,37,39,43,54,59,74H,12-13,16,26,28-36,38,40-42H2,2-6H3,(H5-,73,76,80,84,85,86,87,89,90,91)/p+1. The molecule has 2 atom stereocenters. The molecule has 1 aliphatic rings. The molecule has 99 heavy (non-hydrogen) atoms. The second kappa shape index (κ2) is 34.2. The Kier molecular flexibility index (Phi) is 25.4. The topological polar surface area (TPSA) is 318 Å². The number of methoxy groups -OCH3 is 1. The number of terminal acetylenes is 1. The Morgan fingerprint density at radius 2 is 1.66 bits per heavy atom. The van der Waals surface area contributed by atoms with E-state index in [4.69, 9.17) is 57.2 Å². The van der Waals surface area contributed by atoms with Crippen LogP contribution in [-0.4, -0.2) is 181 Å². The largest absolute Gasteiger partial charge is 0.496 e. The number of halogens is 2. The van der Waals surface area contributed by atoms with Gasteiger partial charge in [-0.15, -0.1) is 17.8 Å². The number of rotatable bonds is 33. The average Bonchev–Trinajstić information content (AvgIpc) is 1.61. The van der Waals surface area contributed by atoms with Gasteiger partial charge >= 0.3 is 18.1 Å². The first kappa shape index (κ1) is 73.5. The number of hydrogen-bond donors (Lipinski definition) is 6. The number of nitrogens with zero attached hydrogens (tertiary/aromatic N) is 7. The summed E-state index contributed by atoms with van der Waals surface area (Å²) in [6.45, 7) is 6.08. The monoisotopic (exact) mass is 1410 g/mol. The van der Waals surface area contributed by atoms with Crippen molar-refractivity contribution >= 4 is 73.0 Å². The number of quaternary nitrogens is 1. The van der Waals surface area contributed by atoms with E-state index in [-0.39, 0.29) is 74.3 Å². The summed E-state index contributed by atoms with van der Waals surface area (Å²) in [6.07, 6.45) is 7.00. The van der Waals surface area contributed by atoms with Gasteiger partial charge in [0, 0.05) is 74.9 Å². The molecule has 0 bridgehead atoms. The molecule has 1 aliphatic heterocycles. The van der Waals surface area contributed by atoms with E-state index in [9.17, 15) is 37.3 Å². The number of carboxylic acids is 1. The van der Waals surface area contributed by atoms with Crippen molar-refractivity contribution in [2.45, 2.75) is 64.5 Å². The number of carboxylic acid groups (broad SMARTS) is 1. The summed E-state index contributed by atoms with van der Waals surface area (Å²) < 4.78 is 85.4. The van der Waals surface area contributed by atoms with Crippen molar-refractivity contribution in [1.29, 1.82) is 0 Å². The van der Waals surface area contributed by atoms with Gasteiger partial charge in [-0.2, -0.15) is 8.42 Å². The third-order valence-corrected chi connectivity index (χ3v) is 19.2. The zero-order valence-electron chi connectivity index (χ0n) is 55.3. The van der Waals surface area contributed by atoms with E-state index in [0.717, 1.165) is 26.2 Å². The van der Waals surface area contributed by atoms with Crippen LogP contribution in [0.2, 0.25) is 5.02 Å². The van der Waals surface area contributed by atoms with Crippen LogP contribution in [0.4, 0.5) is 19.7 Å². The van der Waals surface area contributed by atoms with Crippen molar-refractivity contribution in [1.82, 2.24) is 40.4 Å². The molecule has 4 amide bonds. The first-order valence-electron chi connectivity index (χ1n) is 31.7. The minimum atomic E-state index is -4.05. The average molecular weight is 1420 g/mol. The Morgan fingerprint density at radius 1 is 0.899 bits per heavy atom. The molecule has 8 aromatic rings. The fourth-order valence-corrected chi connectivity index (χ4v) is 13.2. The van der Waals surface area contributed by atoms with Gasteiger partial charge in [-0.3, -0.25) is 14.2 Å². The third-order valence-electron chi connectivity index (χ3n) is 16.8. The summed E-state index contributed by atoms with van der Waals surface area (Å²) in [5, 5.41) is 20.0. The van der Waals surface area contributed by atoms with E-state index < -0.39 is 46.2 Å². The van der Waals surface area contributed by atoms with E-state index in [1.54, 1.807) is 81.0 Å². The second-order valence-electron chi connectivity index (χ2n) is 23.7. The maximum atomic E-state index is 16.4. The van der Waals surface area contributed by atoms with Crippen molar-refractivity contribution in [2.24, 2.45) is 5.73 Å². The smallest absolute Gasteiger partial charge is 0.410 e. The second-order valence-corrected chi connectivity index (χ2v) is 26.7. The molecule has 1 fully saturated rings. The number of aliphatic carboxylic acids is 1. The molecule has 522 valence electrons. The number of thiophene rings is 1. The molecular weight excluding hydrogens is 1340 g/mol. The number of benzene rings is 5. The molecule has 1 saturated heterocycles. The van der Waals surface area contributed by atoms with Crippen molar-refractivity contribution in [2.75, 3.05) is 98.3 Å². The van der Waals surface area contributed by atoms with Crippen LogP contribution in [0.15, 0.2) is 116 Å². The molecular formula is C70H78ClFN11O14S2+. The Labute approximate surface area is 582 Å². The lowest BCUT2D eigenvalue weighted by Gasteiger charge is -2.42. The maximum Gasteiger partial charge on any atom is 0.410 e. The van der Waals surface area contributed by atoms with Crippen molar-refractivity contribution in [3.8, 4) is 74.2 Å². The lowest BCUT2D eigenvalue weighted by Crippen LogP contribution is -2.58. The molecule has 0 radical (unpaired) electrons. The van der Waals surface area contributed by atoms with Gasteiger partial charge in [-0.1, -0.05) is 66.1 Å². The van der Waals surface area contributed by atoms with Crippen LogP contribution in [0.1, 0.15) is 47.2 Å². The number of primary amides is 1. The van der Waals surface area contributed by atoms with E-state index >= 15 is 4.39 Å². The van der Waals surface area contributed by atoms with Crippen LogP contribution >= 0.6 is 22.9 Å². The lowest BCUT2D eigenvalue weighted by molar-refractivity contribution is -0.913. The molecule has 3 aromatic heterocycles. The molecule has 29 heteroatoms. The number of ether oxygens (including phenoxy) is 6. The molecule has 2 unspecified atom stereocenters. The number of carbonyl (C=O) groups excluding carboxylic acids is 3. The highest BCUT2D eigenvalue weighted by Crippen LogP contribution is 2.50. The van der Waals surface area contributed by atoms with Gasteiger partial charge in [0.1, 0.15) is 48.2 Å². The number of aromatic nitrogens is 4. The zero-order chi connectivity index (χ0) is 70.8. The van der Waals surface area contributed by atoms with E-state index in [1.807, 2.05) is 37.3 Å². The number of hydrogen-bond acceptors (Lipinski definition) is 19. The van der Waals surface area contributed by atoms with E-state index in [0.29, 0.717) is 131 Å². The number of likely N-dealkylation sites (N-methyl/N-ethyl adjacent to an activating group) is 2. The van der Waals surface area contributed by atoms with Crippen LogP contribution in [0.3, 0.4) is 0 Å². The molecule has 5 aromatic carbocycles. The number of anilines is 1. The summed E-state index contributed by atoms with van der Waals surface area (Å²) in [6, 6.07) is 27.7. The Hall–Kier alpha value is -9.73. The molecule has 0 spiro atoms. The summed E-state index contributed by atoms with van der Waals surface area (Å²) >= 11 is 8.51. The summed E-state index contributed by atoms with van der Waals surface area (Å²) in [5.74, 6) is 1.18. The normalized spacial score (nSPS) is 13.5. The maximum absolute atomic E-state index is 16.4. The predicted molar refractivity (Wildman–Crippen MR) is 373 cm³/mol. The van der Waals surface area contributed by atoms with Crippen LogP contribution in [0.25, 0.3) is 43.2 Å². The number of carbonyl (C=O) groups is 4. The SMILES string of the molecule is C#CCOC(=O)N(C)Cc1cc(NC(=O)C(CCCNC(N)=O)NC)ccc1COc1cc(-c2sc3ncnc(OC(Cc4ccccc4OCc4ccnc(-c5ccccc5OC)n4)C(=O)O)c3c2-c2ccc(OCCN3CC[N+](C)(CCCS(=O)(=O)O)CC3)c(Cl)c2C)ccc1F. The Balaban J connectivity index is 1.02. The molecule has 0 saturated carbocycles. The highest BCUT2D eigenvalue weighted by atomic mass is 35.5. The van der Waals surface area contributed by atoms with Crippen LogP contribution < -0.4 is 45.4 Å². The number of para-hydroxylation sites is 2. The van der Waals surface area contributed by atoms with Crippen molar-refractivity contribution in [3.63, 3.8) is 0 Å². The number of urea groups is 1. The van der Waals surface area contributed by atoms with Crippen molar-refractivity contribution < 1.29 is 74.5 Å². The highest BCUT2D eigenvalue weighted by Gasteiger charge is 2.32. The molecule has 0 aliphatic carbocycles. The Bertz CT molecular complexity index is 4360. The predicted octanol–water partition coefficient (Wildman–Crippen LogP) is 9.42. The first-order chi connectivity index (χ1) is 47.5. The number of piperazine rings is 1. The summed E-state index contributed by atoms with van der Waals surface area (Å²) in [7, 11) is 2.74. The van der Waals surface area contributed by atoms with Crippen LogP contribution in [0.5, 0.6) is 28.9 Å². The fourth-order valence-electron chi connectivity index (χ4n) is 11.4. The molecule has 25 nitrogen and oxygen atoms in total. The zero-order valence-corrected chi connectivity index (χ0v) is 57.7. The minimum absolute atomic E-state index is 0.0123. The number of nitrogens with one attached hydrogen (secondary N) is 3. The molecule has 9 rings (SSSR count). The fraction of sp³-hybridized carbons (Fsp3) is 0.343. The summed E-state index contributed by atoms with van der Waals surface area (Å²) in [5.41, 5.74) is 10.4. The highest BCUT2D eigenvalue weighted by molar-refractivity contribution is 7.85. The van der Waals surface area contributed by atoms with E-state index in [2.05, 4.69) is 48.8 Å². The van der Waals surface area contributed by atoms with Gasteiger partial charge < -0.3 is 64.6 Å². The quantitative estimate of drug-likeness (QED) is 0.00965. The lowest BCUT2D eigenvalue weighted by atomic mass is 9.95. The van der Waals surface area contributed by atoms with Crippen LogP contribution in [0, 0.1) is 25.1 Å². The first-order valence-corrected chi connectivity index (χ1v) is 34.5. The van der Waals surface area contributed by atoms with Crippen molar-refractivity contribution in [3.05, 3.63) is 154 Å². The molecule has 4 heterocycles. The number of nitrogens with two attached hydrogens (primary N) is 1. The van der Waals surface area contributed by atoms with Gasteiger partial charge in [0.15, 0.2) is 24.0 Å². The minimum Gasteiger partial charge on any atom is -0.496 e. The number of fused-ring (bicyclic) bond motifs is 1.